The van der Waals surface area contributed by atoms with E-state index in [1.807, 2.05) is 50.3 Å². The lowest BCUT2D eigenvalue weighted by atomic mass is 9.83. The van der Waals surface area contributed by atoms with Gasteiger partial charge in [0.25, 0.3) is 0 Å². The Morgan fingerprint density at radius 2 is 1.72 bits per heavy atom. The maximum absolute atomic E-state index is 12.5. The minimum absolute atomic E-state index is 0.123. The molecule has 134 valence electrons. The molecule has 0 atom stereocenters. The topological polar surface area (TPSA) is 43.1 Å². The molecule has 2 rings (SSSR count). The summed E-state index contributed by atoms with van der Waals surface area (Å²) < 4.78 is 0. The van der Waals surface area contributed by atoms with E-state index in [-0.39, 0.29) is 5.78 Å². The maximum atomic E-state index is 12.5. The number of carbonyl (C=O) groups excluding carboxylic acids is 1. The number of anilines is 1. The van der Waals surface area contributed by atoms with Gasteiger partial charge < -0.3 is 5.73 Å². The van der Waals surface area contributed by atoms with Crippen molar-refractivity contribution in [3.8, 4) is 0 Å². The summed E-state index contributed by atoms with van der Waals surface area (Å²) in [4.78, 5) is 12.5. The van der Waals surface area contributed by atoms with Crippen molar-refractivity contribution in [2.45, 2.75) is 53.9 Å². The molecule has 0 heterocycles. The predicted molar refractivity (Wildman–Crippen MR) is 110 cm³/mol. The smallest absolute Gasteiger partial charge is 0.186 e. The van der Waals surface area contributed by atoms with Gasteiger partial charge in [-0.1, -0.05) is 49.3 Å². The summed E-state index contributed by atoms with van der Waals surface area (Å²) in [6.45, 7) is 10.3. The van der Waals surface area contributed by atoms with Gasteiger partial charge in [0.2, 0.25) is 0 Å². The second-order valence-electron chi connectivity index (χ2n) is 6.38. The largest absolute Gasteiger partial charge is 0.399 e. The van der Waals surface area contributed by atoms with Crippen molar-refractivity contribution in [2.24, 2.45) is 0 Å². The quantitative estimate of drug-likeness (QED) is 0.401. The highest BCUT2D eigenvalue weighted by molar-refractivity contribution is 6.13. The molecule has 0 radical (unpaired) electrons. The number of benzene rings is 1. The maximum Gasteiger partial charge on any atom is 0.186 e. The van der Waals surface area contributed by atoms with E-state index in [9.17, 15) is 4.79 Å². The molecule has 0 unspecified atom stereocenters. The molecule has 1 aromatic carbocycles. The highest BCUT2D eigenvalue weighted by Gasteiger charge is 2.22. The van der Waals surface area contributed by atoms with Crippen LogP contribution in [0.4, 0.5) is 5.69 Å². The normalized spacial score (nSPS) is 15.9. The van der Waals surface area contributed by atoms with Gasteiger partial charge in [0.1, 0.15) is 0 Å². The van der Waals surface area contributed by atoms with Gasteiger partial charge in [-0.05, 0) is 75.5 Å². The molecule has 1 aliphatic carbocycles. The van der Waals surface area contributed by atoms with Gasteiger partial charge in [0.15, 0.2) is 5.78 Å². The van der Waals surface area contributed by atoms with E-state index in [1.54, 1.807) is 6.08 Å². The number of nitrogen functional groups attached to an aromatic ring is 1. The van der Waals surface area contributed by atoms with E-state index in [4.69, 9.17) is 5.73 Å². The minimum atomic E-state index is 0.123. The van der Waals surface area contributed by atoms with E-state index < -0.39 is 0 Å². The fourth-order valence-electron chi connectivity index (χ4n) is 2.56. The first kappa shape index (κ1) is 20.7. The van der Waals surface area contributed by atoms with Crippen LogP contribution in [-0.2, 0) is 4.79 Å². The van der Waals surface area contributed by atoms with E-state index in [1.165, 1.54) is 11.1 Å². The van der Waals surface area contributed by atoms with Crippen LogP contribution in [0.5, 0.6) is 0 Å². The van der Waals surface area contributed by atoms with Crippen LogP contribution in [0.3, 0.4) is 0 Å². The average Bonchev–Trinajstić information content (AvgIpc) is 2.61. The molecule has 0 aliphatic heterocycles. The number of unbranched alkanes of at least 4 members (excludes halogenated alkanes) is 1. The third-order valence-electron chi connectivity index (χ3n) is 4.12. The van der Waals surface area contributed by atoms with Crippen molar-refractivity contribution in [1.29, 1.82) is 0 Å². The summed E-state index contributed by atoms with van der Waals surface area (Å²) in [5.74, 6) is 0.123. The minimum Gasteiger partial charge on any atom is -0.399 e. The Balaban J connectivity index is 0.000000705. The van der Waals surface area contributed by atoms with E-state index >= 15 is 0 Å². The zero-order valence-corrected chi connectivity index (χ0v) is 16.2. The molecule has 1 aromatic rings. The molecule has 2 nitrogen and oxygen atoms in total. The highest BCUT2D eigenvalue weighted by Crippen LogP contribution is 2.34. The number of nitrogens with two attached hydrogens (primary N) is 1. The number of ketones is 1. The molecular weight excluding hydrogens is 306 g/mol. The molecule has 0 saturated heterocycles. The molecule has 0 bridgehead atoms. The first-order valence-electron chi connectivity index (χ1n) is 8.99. The van der Waals surface area contributed by atoms with Crippen LogP contribution in [0.1, 0.15) is 59.4 Å². The van der Waals surface area contributed by atoms with E-state index in [2.05, 4.69) is 26.8 Å². The Morgan fingerprint density at radius 3 is 2.20 bits per heavy atom. The van der Waals surface area contributed by atoms with Crippen molar-refractivity contribution >= 4 is 17.0 Å². The SMILES string of the molecule is C/C=C\C.CCC/C=C1\C(=O)C=C(c2ccc(N)cc2)CC1=C(C)C. The number of allylic oxidation sites excluding steroid dienone is 8. The molecule has 0 aromatic heterocycles. The monoisotopic (exact) mass is 337 g/mol. The standard InChI is InChI=1S/C19H23NO.C4H8/c1-4-5-6-17-18(13(2)3)11-15(12-19(17)21)14-7-9-16(20)10-8-14;1-3-4-2/h6-10,12H,4-5,11,20H2,1-3H3;3-4H,1-2H3/b17-6-;4-3-. The number of hydrogen-bond acceptors (Lipinski definition) is 2. The van der Waals surface area contributed by atoms with Crippen LogP contribution in [-0.4, -0.2) is 5.78 Å². The zero-order valence-electron chi connectivity index (χ0n) is 16.2. The van der Waals surface area contributed by atoms with Gasteiger partial charge in [-0.3, -0.25) is 4.79 Å². The molecule has 2 heteroatoms. The Kier molecular flexibility index (Phi) is 8.69. The summed E-state index contributed by atoms with van der Waals surface area (Å²) >= 11 is 0. The molecule has 2 N–H and O–H groups in total. The summed E-state index contributed by atoms with van der Waals surface area (Å²) in [6.07, 6.45) is 10.7. The lowest BCUT2D eigenvalue weighted by Gasteiger charge is -2.20. The molecule has 0 fully saturated rings. The van der Waals surface area contributed by atoms with Crippen LogP contribution in [0.15, 0.2) is 65.3 Å². The Labute approximate surface area is 152 Å². The lowest BCUT2D eigenvalue weighted by molar-refractivity contribution is -0.111. The van der Waals surface area contributed by atoms with Gasteiger partial charge in [0, 0.05) is 11.3 Å². The zero-order chi connectivity index (χ0) is 18.8. The summed E-state index contributed by atoms with van der Waals surface area (Å²) in [5.41, 5.74) is 11.9. The van der Waals surface area contributed by atoms with Crippen LogP contribution < -0.4 is 5.73 Å². The van der Waals surface area contributed by atoms with Crippen molar-refractivity contribution in [2.75, 3.05) is 5.73 Å². The van der Waals surface area contributed by atoms with Crippen molar-refractivity contribution in [1.82, 2.24) is 0 Å². The molecule has 0 spiro atoms. The van der Waals surface area contributed by atoms with E-state index in [0.717, 1.165) is 41.7 Å². The van der Waals surface area contributed by atoms with Crippen LogP contribution in [0.25, 0.3) is 5.57 Å². The fourth-order valence-corrected chi connectivity index (χ4v) is 2.56. The van der Waals surface area contributed by atoms with Crippen LogP contribution in [0.2, 0.25) is 0 Å². The lowest BCUT2D eigenvalue weighted by Crippen LogP contribution is -2.11. The van der Waals surface area contributed by atoms with Gasteiger partial charge in [-0.25, -0.2) is 0 Å². The fraction of sp³-hybridized carbons (Fsp3) is 0.348. The Hall–Kier alpha value is -2.35. The third kappa shape index (κ3) is 6.22. The molecule has 0 amide bonds. The average molecular weight is 338 g/mol. The molecule has 1 aliphatic rings. The summed E-state index contributed by atoms with van der Waals surface area (Å²) in [6, 6.07) is 7.73. The highest BCUT2D eigenvalue weighted by atomic mass is 16.1. The Bertz CT molecular complexity index is 692. The van der Waals surface area contributed by atoms with E-state index in [0.29, 0.717) is 0 Å². The molecule has 25 heavy (non-hydrogen) atoms. The van der Waals surface area contributed by atoms with Gasteiger partial charge in [0.05, 0.1) is 0 Å². The molecule has 0 saturated carbocycles. The van der Waals surface area contributed by atoms with Gasteiger partial charge in [-0.15, -0.1) is 0 Å². The second-order valence-corrected chi connectivity index (χ2v) is 6.38. The van der Waals surface area contributed by atoms with Crippen LogP contribution in [0, 0.1) is 0 Å². The van der Waals surface area contributed by atoms with Gasteiger partial charge in [-0.2, -0.15) is 0 Å². The number of hydrogen-bond donors (Lipinski definition) is 1. The van der Waals surface area contributed by atoms with Gasteiger partial charge >= 0.3 is 0 Å². The van der Waals surface area contributed by atoms with Crippen molar-refractivity contribution in [3.05, 3.63) is 70.9 Å². The predicted octanol–water partition coefficient (Wildman–Crippen LogP) is 6.27. The number of rotatable bonds is 3. The first-order chi connectivity index (χ1) is 11.9. The van der Waals surface area contributed by atoms with Crippen molar-refractivity contribution in [3.63, 3.8) is 0 Å². The molecular formula is C23H31NO. The van der Waals surface area contributed by atoms with Crippen LogP contribution >= 0.6 is 0 Å². The first-order valence-corrected chi connectivity index (χ1v) is 8.99. The second kappa shape index (κ2) is 10.5. The summed E-state index contributed by atoms with van der Waals surface area (Å²) in [5, 5.41) is 0. The number of carbonyl (C=O) groups is 1. The Morgan fingerprint density at radius 1 is 1.12 bits per heavy atom. The van der Waals surface area contributed by atoms with Crippen molar-refractivity contribution < 1.29 is 4.79 Å². The third-order valence-corrected chi connectivity index (χ3v) is 4.12. The summed E-state index contributed by atoms with van der Waals surface area (Å²) in [7, 11) is 0.